The maximum absolute atomic E-state index is 12.5. The number of amides is 1. The molecule has 0 heterocycles. The Labute approximate surface area is 186 Å². The van der Waals surface area contributed by atoms with Crippen molar-refractivity contribution in [3.63, 3.8) is 0 Å². The lowest BCUT2D eigenvalue weighted by molar-refractivity contribution is -0.139. The normalized spacial score (nSPS) is 13.1. The standard InChI is InChI=1S/C26H25NO5/c1-16-13-18(31-2)12-11-17(16)14-24(25(28)29)27-26(30)32-15-23-21-9-5-3-7-19(21)20-8-4-6-10-22(20)23/h3-13,23-24H,14-15H2,1-2H3,(H,27,30)(H,28,29)/t24-/m0/s1. The molecular formula is C26H25NO5. The molecule has 3 aromatic rings. The largest absolute Gasteiger partial charge is 0.497 e. The van der Waals surface area contributed by atoms with Gasteiger partial charge in [0.1, 0.15) is 18.4 Å². The van der Waals surface area contributed by atoms with Crippen molar-refractivity contribution < 1.29 is 24.2 Å². The fraction of sp³-hybridized carbons (Fsp3) is 0.231. The topological polar surface area (TPSA) is 84.9 Å². The number of aliphatic carboxylic acids is 1. The van der Waals surface area contributed by atoms with Gasteiger partial charge in [-0.2, -0.15) is 0 Å². The summed E-state index contributed by atoms with van der Waals surface area (Å²) in [5.41, 5.74) is 6.18. The number of methoxy groups -OCH3 is 1. The molecule has 2 N–H and O–H groups in total. The van der Waals surface area contributed by atoms with Gasteiger partial charge in [0, 0.05) is 12.3 Å². The first-order chi connectivity index (χ1) is 15.5. The fourth-order valence-corrected chi connectivity index (χ4v) is 4.23. The van der Waals surface area contributed by atoms with Gasteiger partial charge in [0.05, 0.1) is 7.11 Å². The second-order valence-corrected chi connectivity index (χ2v) is 7.86. The van der Waals surface area contributed by atoms with Crippen molar-refractivity contribution in [3.8, 4) is 16.9 Å². The molecular weight excluding hydrogens is 406 g/mol. The van der Waals surface area contributed by atoms with Crippen molar-refractivity contribution in [3.05, 3.63) is 89.0 Å². The number of carbonyl (C=O) groups excluding carboxylic acids is 1. The third kappa shape index (κ3) is 4.30. The van der Waals surface area contributed by atoms with Crippen molar-refractivity contribution in [2.24, 2.45) is 0 Å². The monoisotopic (exact) mass is 431 g/mol. The fourth-order valence-electron chi connectivity index (χ4n) is 4.23. The molecule has 0 spiro atoms. The van der Waals surface area contributed by atoms with E-state index in [-0.39, 0.29) is 18.9 Å². The molecule has 164 valence electrons. The lowest BCUT2D eigenvalue weighted by Gasteiger charge is -2.18. The first-order valence-electron chi connectivity index (χ1n) is 10.5. The van der Waals surface area contributed by atoms with E-state index in [2.05, 4.69) is 17.4 Å². The van der Waals surface area contributed by atoms with E-state index in [4.69, 9.17) is 9.47 Å². The summed E-state index contributed by atoms with van der Waals surface area (Å²) in [5, 5.41) is 12.1. The summed E-state index contributed by atoms with van der Waals surface area (Å²) in [7, 11) is 1.58. The Morgan fingerprint density at radius 2 is 1.62 bits per heavy atom. The number of hydrogen-bond donors (Lipinski definition) is 2. The molecule has 4 rings (SSSR count). The van der Waals surface area contributed by atoms with E-state index >= 15 is 0 Å². The predicted octanol–water partition coefficient (Wildman–Crippen LogP) is 4.54. The van der Waals surface area contributed by atoms with E-state index in [0.29, 0.717) is 5.75 Å². The number of hydrogen-bond acceptors (Lipinski definition) is 4. The van der Waals surface area contributed by atoms with Crippen LogP contribution < -0.4 is 10.1 Å². The molecule has 1 amide bonds. The zero-order chi connectivity index (χ0) is 22.7. The molecule has 0 radical (unpaired) electrons. The molecule has 0 unspecified atom stereocenters. The minimum atomic E-state index is -1.12. The molecule has 0 fully saturated rings. The number of aryl methyl sites for hydroxylation is 1. The van der Waals surface area contributed by atoms with Gasteiger partial charge in [0.15, 0.2) is 0 Å². The van der Waals surface area contributed by atoms with Crippen LogP contribution in [0, 0.1) is 6.92 Å². The lowest BCUT2D eigenvalue weighted by atomic mass is 9.98. The van der Waals surface area contributed by atoms with Crippen LogP contribution in [0.5, 0.6) is 5.75 Å². The van der Waals surface area contributed by atoms with E-state index in [9.17, 15) is 14.7 Å². The molecule has 6 heteroatoms. The van der Waals surface area contributed by atoms with E-state index in [1.54, 1.807) is 13.2 Å². The molecule has 0 bridgehead atoms. The summed E-state index contributed by atoms with van der Waals surface area (Å²) >= 11 is 0. The summed E-state index contributed by atoms with van der Waals surface area (Å²) in [4.78, 5) is 24.3. The van der Waals surface area contributed by atoms with Crippen LogP contribution in [0.4, 0.5) is 4.79 Å². The summed E-state index contributed by atoms with van der Waals surface area (Å²) in [6.07, 6.45) is -0.597. The lowest BCUT2D eigenvalue weighted by Crippen LogP contribution is -2.43. The van der Waals surface area contributed by atoms with Crippen molar-refractivity contribution >= 4 is 12.1 Å². The van der Waals surface area contributed by atoms with Crippen LogP contribution >= 0.6 is 0 Å². The van der Waals surface area contributed by atoms with Gasteiger partial charge in [0.25, 0.3) is 0 Å². The van der Waals surface area contributed by atoms with E-state index in [0.717, 1.165) is 33.4 Å². The second-order valence-electron chi connectivity index (χ2n) is 7.86. The molecule has 3 aromatic carbocycles. The SMILES string of the molecule is COc1ccc(C[C@H](NC(=O)OCC2c3ccccc3-c3ccccc32)C(=O)O)c(C)c1. The number of alkyl carbamates (subject to hydrolysis) is 1. The highest BCUT2D eigenvalue weighted by Gasteiger charge is 2.29. The Bertz CT molecular complexity index is 1110. The summed E-state index contributed by atoms with van der Waals surface area (Å²) in [6.45, 7) is 2.01. The zero-order valence-electron chi connectivity index (χ0n) is 18.0. The quantitative estimate of drug-likeness (QED) is 0.574. The van der Waals surface area contributed by atoms with Crippen molar-refractivity contribution in [1.82, 2.24) is 5.32 Å². The third-order valence-corrected chi connectivity index (χ3v) is 5.91. The number of carboxylic acid groups (broad SMARTS) is 1. The molecule has 0 saturated heterocycles. The van der Waals surface area contributed by atoms with Crippen LogP contribution in [0.3, 0.4) is 0 Å². The summed E-state index contributed by atoms with van der Waals surface area (Å²) in [5.74, 6) is -0.503. The highest BCUT2D eigenvalue weighted by atomic mass is 16.5. The van der Waals surface area contributed by atoms with Gasteiger partial charge in [-0.15, -0.1) is 0 Å². The number of nitrogens with one attached hydrogen (secondary N) is 1. The molecule has 32 heavy (non-hydrogen) atoms. The average molecular weight is 431 g/mol. The van der Waals surface area contributed by atoms with Crippen molar-refractivity contribution in [1.29, 1.82) is 0 Å². The second kappa shape index (κ2) is 9.14. The maximum Gasteiger partial charge on any atom is 0.407 e. The molecule has 6 nitrogen and oxygen atoms in total. The highest BCUT2D eigenvalue weighted by molar-refractivity contribution is 5.81. The molecule has 0 saturated carbocycles. The van der Waals surface area contributed by atoms with Crippen molar-refractivity contribution in [2.75, 3.05) is 13.7 Å². The van der Waals surface area contributed by atoms with Crippen LogP contribution in [0.1, 0.15) is 28.2 Å². The average Bonchev–Trinajstić information content (AvgIpc) is 3.12. The highest BCUT2D eigenvalue weighted by Crippen LogP contribution is 2.44. The van der Waals surface area contributed by atoms with Gasteiger partial charge in [-0.1, -0.05) is 54.6 Å². The Balaban J connectivity index is 1.43. The minimum Gasteiger partial charge on any atom is -0.497 e. The number of fused-ring (bicyclic) bond motifs is 3. The molecule has 1 aliphatic rings. The Morgan fingerprint density at radius 3 is 2.19 bits per heavy atom. The van der Waals surface area contributed by atoms with Gasteiger partial charge in [-0.3, -0.25) is 0 Å². The van der Waals surface area contributed by atoms with Crippen LogP contribution in [-0.4, -0.2) is 36.9 Å². The zero-order valence-corrected chi connectivity index (χ0v) is 18.0. The smallest absolute Gasteiger partial charge is 0.407 e. The van der Waals surface area contributed by atoms with Crippen LogP contribution in [0.2, 0.25) is 0 Å². The van der Waals surface area contributed by atoms with E-state index in [1.165, 1.54) is 0 Å². The number of rotatable bonds is 7. The molecule has 0 aromatic heterocycles. The number of ether oxygens (including phenoxy) is 2. The summed E-state index contributed by atoms with van der Waals surface area (Å²) < 4.78 is 10.7. The third-order valence-electron chi connectivity index (χ3n) is 5.91. The molecule has 0 aliphatic heterocycles. The number of carbonyl (C=O) groups is 2. The molecule has 1 aliphatic carbocycles. The predicted molar refractivity (Wildman–Crippen MR) is 121 cm³/mol. The maximum atomic E-state index is 12.5. The van der Waals surface area contributed by atoms with Gasteiger partial charge < -0.3 is 19.9 Å². The Hall–Kier alpha value is -3.80. The van der Waals surface area contributed by atoms with E-state index < -0.39 is 18.1 Å². The minimum absolute atomic E-state index is 0.0831. The Kier molecular flexibility index (Phi) is 6.12. The summed E-state index contributed by atoms with van der Waals surface area (Å²) in [6, 6.07) is 20.4. The van der Waals surface area contributed by atoms with Gasteiger partial charge in [0.2, 0.25) is 0 Å². The van der Waals surface area contributed by atoms with Crippen LogP contribution in [-0.2, 0) is 16.0 Å². The van der Waals surface area contributed by atoms with Crippen LogP contribution in [0.25, 0.3) is 11.1 Å². The van der Waals surface area contributed by atoms with Gasteiger partial charge in [-0.25, -0.2) is 9.59 Å². The first-order valence-corrected chi connectivity index (χ1v) is 10.5. The number of benzene rings is 3. The van der Waals surface area contributed by atoms with Crippen LogP contribution in [0.15, 0.2) is 66.7 Å². The number of carboxylic acids is 1. The van der Waals surface area contributed by atoms with Gasteiger partial charge in [-0.05, 0) is 52.4 Å². The molecule has 1 atom stereocenters. The van der Waals surface area contributed by atoms with E-state index in [1.807, 2.05) is 55.5 Å². The van der Waals surface area contributed by atoms with Crippen molar-refractivity contribution in [2.45, 2.75) is 25.3 Å². The first kappa shape index (κ1) is 21.4. The van der Waals surface area contributed by atoms with Gasteiger partial charge >= 0.3 is 12.1 Å². The Morgan fingerprint density at radius 1 is 1.00 bits per heavy atom.